The zero-order chi connectivity index (χ0) is 16.7. The number of carbonyl (C=O) groups is 1. The van der Waals surface area contributed by atoms with Gasteiger partial charge < -0.3 is 0 Å². The van der Waals surface area contributed by atoms with Crippen molar-refractivity contribution < 1.29 is 36.1 Å². The zero-order valence-electron chi connectivity index (χ0n) is 11.1. The Hall–Kier alpha value is -1.85. The summed E-state index contributed by atoms with van der Waals surface area (Å²) in [5.41, 5.74) is 1.35. The summed E-state index contributed by atoms with van der Waals surface area (Å²) in [5, 5.41) is 0.639. The van der Waals surface area contributed by atoms with Gasteiger partial charge in [-0.05, 0) is 24.3 Å². The number of hydrogen-bond donors (Lipinski definition) is 0. The molecular formula is C16H9ClCrO4. The fraction of sp³-hybridized carbons (Fsp3) is 0. The van der Waals surface area contributed by atoms with E-state index in [9.17, 15) is 4.79 Å². The summed E-state index contributed by atoms with van der Waals surface area (Å²) in [6, 6.07) is 16.1. The Morgan fingerprint density at radius 2 is 1.09 bits per heavy atom. The molecule has 0 aromatic heterocycles. The fourth-order valence-electron chi connectivity index (χ4n) is 1.36. The van der Waals surface area contributed by atoms with E-state index in [1.54, 1.807) is 36.4 Å². The summed E-state index contributed by atoms with van der Waals surface area (Å²) in [5.74, 6) is 0.0206. The van der Waals surface area contributed by atoms with Crippen LogP contribution in [0.2, 0.25) is 5.02 Å². The summed E-state index contributed by atoms with van der Waals surface area (Å²) < 4.78 is 22.5. The number of carbonyl (C=O) groups excluding carboxylic acids is 1. The van der Waals surface area contributed by atoms with Crippen molar-refractivity contribution in [2.24, 2.45) is 0 Å². The van der Waals surface area contributed by atoms with Crippen LogP contribution in [0.15, 0.2) is 54.6 Å². The summed E-state index contributed by atoms with van der Waals surface area (Å²) in [7, 11) is 0. The van der Waals surface area contributed by atoms with E-state index in [1.807, 2.05) is 18.2 Å². The van der Waals surface area contributed by atoms with Crippen molar-refractivity contribution in [3.8, 4) is 0 Å². The molecule has 110 valence electrons. The molecule has 0 aliphatic rings. The normalized spacial score (nSPS) is 7.05. The summed E-state index contributed by atoms with van der Waals surface area (Å²) in [6.45, 7) is 13.5. The minimum atomic E-state index is 0. The van der Waals surface area contributed by atoms with Crippen molar-refractivity contribution in [1.29, 1.82) is 0 Å². The van der Waals surface area contributed by atoms with Crippen LogP contribution in [0.1, 0.15) is 15.9 Å². The van der Waals surface area contributed by atoms with Crippen LogP contribution in [-0.2, 0) is 31.3 Å². The van der Waals surface area contributed by atoms with Gasteiger partial charge in [-0.25, -0.2) is 0 Å². The van der Waals surface area contributed by atoms with Crippen LogP contribution >= 0.6 is 11.6 Å². The quantitative estimate of drug-likeness (QED) is 0.463. The average molecular weight is 353 g/mol. The minimum absolute atomic E-state index is 0. The van der Waals surface area contributed by atoms with E-state index in [2.05, 4.69) is 20.0 Å². The van der Waals surface area contributed by atoms with Gasteiger partial charge in [0.1, 0.15) is 0 Å². The Balaban J connectivity index is -0.000000463. The molecule has 0 N–H and O–H groups in total. The zero-order valence-corrected chi connectivity index (χ0v) is 13.1. The van der Waals surface area contributed by atoms with Gasteiger partial charge in [0.2, 0.25) is 0 Å². The van der Waals surface area contributed by atoms with E-state index >= 15 is 0 Å². The van der Waals surface area contributed by atoms with Crippen molar-refractivity contribution in [2.75, 3.05) is 0 Å². The Morgan fingerprint density at radius 1 is 0.727 bits per heavy atom. The van der Waals surface area contributed by atoms with Crippen LogP contribution < -0.4 is 0 Å². The molecule has 0 bridgehead atoms. The van der Waals surface area contributed by atoms with E-state index in [0.29, 0.717) is 16.1 Å². The molecule has 0 heterocycles. The van der Waals surface area contributed by atoms with Gasteiger partial charge in [-0.15, -0.1) is 0 Å². The van der Waals surface area contributed by atoms with Crippen LogP contribution in [0.4, 0.5) is 0 Å². The first-order valence-corrected chi connectivity index (χ1v) is 5.62. The molecule has 4 nitrogen and oxygen atoms in total. The predicted molar refractivity (Wildman–Crippen MR) is 73.1 cm³/mol. The van der Waals surface area contributed by atoms with Gasteiger partial charge in [-0.1, -0.05) is 41.9 Å². The monoisotopic (exact) mass is 352 g/mol. The van der Waals surface area contributed by atoms with Crippen LogP contribution in [0, 0.1) is 20.0 Å². The van der Waals surface area contributed by atoms with Crippen molar-refractivity contribution in [1.82, 2.24) is 0 Å². The molecule has 0 aliphatic heterocycles. The molecule has 2 rings (SSSR count). The van der Waals surface area contributed by atoms with Gasteiger partial charge in [0.25, 0.3) is 0 Å². The maximum Gasteiger partial charge on any atom is 0 e. The number of ketones is 1. The minimum Gasteiger partial charge on any atom is 0 e. The maximum absolute atomic E-state index is 11.9. The van der Waals surface area contributed by atoms with Crippen molar-refractivity contribution in [3.63, 3.8) is 0 Å². The molecule has 0 amide bonds. The fourth-order valence-corrected chi connectivity index (χ4v) is 1.48. The first-order chi connectivity index (χ1) is 10.3. The molecule has 0 unspecified atom stereocenters. The largest absolute Gasteiger partial charge is 0 e. The van der Waals surface area contributed by atoms with Crippen molar-refractivity contribution in [2.45, 2.75) is 0 Å². The van der Waals surface area contributed by atoms with Crippen molar-refractivity contribution >= 4 is 17.4 Å². The molecule has 0 saturated heterocycles. The molecule has 0 spiro atoms. The SMILES string of the molecule is O=C(c1ccccc1)c1ccc(Cl)cc1.[C-]#[O+].[C-]#[O+].[C-]#[O+].[Cr]. The average Bonchev–Trinajstić information content (AvgIpc) is 2.61. The third-order valence-electron chi connectivity index (χ3n) is 2.14. The predicted octanol–water partition coefficient (Wildman–Crippen LogP) is 3.46. The van der Waals surface area contributed by atoms with Gasteiger partial charge in [0.05, 0.1) is 0 Å². The van der Waals surface area contributed by atoms with E-state index < -0.39 is 0 Å². The van der Waals surface area contributed by atoms with Crippen LogP contribution in [-0.4, -0.2) is 5.78 Å². The molecule has 2 aromatic carbocycles. The van der Waals surface area contributed by atoms with Crippen LogP contribution in [0.3, 0.4) is 0 Å². The third-order valence-corrected chi connectivity index (χ3v) is 2.39. The second kappa shape index (κ2) is 17.2. The summed E-state index contributed by atoms with van der Waals surface area (Å²) in [4.78, 5) is 11.9. The van der Waals surface area contributed by atoms with E-state index in [1.165, 1.54) is 0 Å². The second-order valence-corrected chi connectivity index (χ2v) is 3.64. The molecule has 0 atom stereocenters. The van der Waals surface area contributed by atoms with E-state index in [4.69, 9.17) is 25.6 Å². The molecule has 0 fully saturated rings. The Morgan fingerprint density at radius 3 is 1.50 bits per heavy atom. The van der Waals surface area contributed by atoms with E-state index in [-0.39, 0.29) is 23.1 Å². The molecule has 2 aromatic rings. The standard InChI is InChI=1S/C13H9ClO.3CO.Cr/c14-12-8-6-11(7-9-12)13(15)10-4-2-1-3-5-10;3*1-2;/h1-9H;;;;. The molecule has 0 aliphatic carbocycles. The third kappa shape index (κ3) is 9.16. The number of rotatable bonds is 2. The molecule has 0 saturated carbocycles. The van der Waals surface area contributed by atoms with Crippen LogP contribution in [0.25, 0.3) is 0 Å². The maximum atomic E-state index is 11.9. The van der Waals surface area contributed by atoms with Gasteiger partial charge in [0.15, 0.2) is 5.78 Å². The topological polar surface area (TPSA) is 76.8 Å². The number of halogens is 1. The molecule has 6 heteroatoms. The van der Waals surface area contributed by atoms with Crippen LogP contribution in [0.5, 0.6) is 0 Å². The van der Waals surface area contributed by atoms with Gasteiger partial charge in [0, 0.05) is 33.5 Å². The second-order valence-electron chi connectivity index (χ2n) is 3.20. The van der Waals surface area contributed by atoms with Gasteiger partial charge in [-0.2, -0.15) is 0 Å². The summed E-state index contributed by atoms with van der Waals surface area (Å²) in [6.07, 6.45) is 0. The molecule has 22 heavy (non-hydrogen) atoms. The summed E-state index contributed by atoms with van der Waals surface area (Å²) >= 11 is 5.75. The van der Waals surface area contributed by atoms with E-state index in [0.717, 1.165) is 0 Å². The Labute approximate surface area is 144 Å². The Bertz CT molecular complexity index is 575. The smallest absolute Gasteiger partial charge is 0 e. The number of benzene rings is 2. The van der Waals surface area contributed by atoms with Gasteiger partial charge >= 0.3 is 33.9 Å². The van der Waals surface area contributed by atoms with Gasteiger partial charge in [-0.3, -0.25) is 4.79 Å². The van der Waals surface area contributed by atoms with Crippen molar-refractivity contribution in [3.05, 3.63) is 90.7 Å². The first kappa shape index (κ1) is 25.1. The molecule has 0 radical (unpaired) electrons. The first-order valence-electron chi connectivity index (χ1n) is 5.24. The molecular weight excluding hydrogens is 344 g/mol. The number of hydrogen-bond acceptors (Lipinski definition) is 1. The Kier molecular flexibility index (Phi) is 19.6.